The first-order valence-electron chi connectivity index (χ1n) is 9.92. The average molecular weight is 393 g/mol. The quantitative estimate of drug-likeness (QED) is 0.745. The van der Waals surface area contributed by atoms with Crippen LogP contribution in [0.25, 0.3) is 0 Å². The average Bonchev–Trinajstić information content (AvgIpc) is 3.31. The van der Waals surface area contributed by atoms with Crippen molar-refractivity contribution in [3.8, 4) is 11.5 Å². The Bertz CT molecular complexity index is 968. The van der Waals surface area contributed by atoms with Gasteiger partial charge < -0.3 is 14.4 Å². The minimum Gasteiger partial charge on any atom is -0.454 e. The standard InChI is InChI=1S/C22H23N3O4/c1-15-3-2-4-17(11-15)25-21(26)13-18(22(25)27)24-9-7-23(8-10-24)16-5-6-19-20(12-16)29-14-28-19/h2-6,11-12,18H,7-10,13-14H2,1H3/t18-/m0/s1. The molecule has 2 saturated heterocycles. The molecule has 0 bridgehead atoms. The van der Waals surface area contributed by atoms with Crippen molar-refractivity contribution in [1.82, 2.24) is 4.90 Å². The monoisotopic (exact) mass is 393 g/mol. The van der Waals surface area contributed by atoms with Crippen molar-refractivity contribution >= 4 is 23.2 Å². The summed E-state index contributed by atoms with van der Waals surface area (Å²) in [5.74, 6) is 1.31. The molecule has 5 rings (SSSR count). The van der Waals surface area contributed by atoms with Crippen LogP contribution in [0.3, 0.4) is 0 Å². The predicted octanol–water partition coefficient (Wildman–Crippen LogP) is 2.18. The van der Waals surface area contributed by atoms with Crippen LogP contribution in [0.1, 0.15) is 12.0 Å². The zero-order valence-electron chi connectivity index (χ0n) is 16.3. The summed E-state index contributed by atoms with van der Waals surface area (Å²) in [6.45, 7) is 5.28. The number of carbonyl (C=O) groups excluding carboxylic acids is 2. The zero-order chi connectivity index (χ0) is 20.0. The highest BCUT2D eigenvalue weighted by molar-refractivity contribution is 6.22. The van der Waals surface area contributed by atoms with Crippen molar-refractivity contribution in [2.75, 3.05) is 42.8 Å². The molecule has 7 nitrogen and oxygen atoms in total. The number of hydrogen-bond acceptors (Lipinski definition) is 6. The van der Waals surface area contributed by atoms with Gasteiger partial charge in [-0.3, -0.25) is 14.5 Å². The highest BCUT2D eigenvalue weighted by atomic mass is 16.7. The number of carbonyl (C=O) groups is 2. The Balaban J connectivity index is 1.26. The second kappa shape index (κ2) is 7.08. The Hall–Kier alpha value is -3.06. The molecule has 2 amide bonds. The Morgan fingerprint density at radius 2 is 1.69 bits per heavy atom. The van der Waals surface area contributed by atoms with Crippen molar-refractivity contribution in [3.05, 3.63) is 48.0 Å². The zero-order valence-corrected chi connectivity index (χ0v) is 16.3. The van der Waals surface area contributed by atoms with Gasteiger partial charge >= 0.3 is 0 Å². The van der Waals surface area contributed by atoms with E-state index in [1.807, 2.05) is 49.4 Å². The van der Waals surface area contributed by atoms with Crippen LogP contribution >= 0.6 is 0 Å². The van der Waals surface area contributed by atoms with Gasteiger partial charge in [0.25, 0.3) is 5.91 Å². The molecule has 0 aromatic heterocycles. The van der Waals surface area contributed by atoms with Gasteiger partial charge in [-0.2, -0.15) is 0 Å². The van der Waals surface area contributed by atoms with Crippen molar-refractivity contribution in [2.24, 2.45) is 0 Å². The molecule has 7 heteroatoms. The third-order valence-electron chi connectivity index (χ3n) is 5.86. The van der Waals surface area contributed by atoms with Gasteiger partial charge in [-0.05, 0) is 36.8 Å². The number of imide groups is 1. The van der Waals surface area contributed by atoms with E-state index in [0.29, 0.717) is 5.69 Å². The highest BCUT2D eigenvalue weighted by Gasteiger charge is 2.43. The van der Waals surface area contributed by atoms with Crippen LogP contribution in [0.15, 0.2) is 42.5 Å². The van der Waals surface area contributed by atoms with Crippen molar-refractivity contribution in [3.63, 3.8) is 0 Å². The highest BCUT2D eigenvalue weighted by Crippen LogP contribution is 2.36. The van der Waals surface area contributed by atoms with E-state index in [-0.39, 0.29) is 31.1 Å². The third-order valence-corrected chi connectivity index (χ3v) is 5.86. The number of anilines is 2. The molecule has 0 saturated carbocycles. The lowest BCUT2D eigenvalue weighted by Gasteiger charge is -2.38. The third kappa shape index (κ3) is 3.21. The summed E-state index contributed by atoms with van der Waals surface area (Å²) in [7, 11) is 0. The van der Waals surface area contributed by atoms with E-state index in [1.54, 1.807) is 0 Å². The number of nitrogens with zero attached hydrogens (tertiary/aromatic N) is 3. The van der Waals surface area contributed by atoms with E-state index in [9.17, 15) is 9.59 Å². The predicted molar refractivity (Wildman–Crippen MR) is 108 cm³/mol. The summed E-state index contributed by atoms with van der Waals surface area (Å²) in [4.78, 5) is 31.4. The first-order valence-corrected chi connectivity index (χ1v) is 9.92. The lowest BCUT2D eigenvalue weighted by molar-refractivity contribution is -0.123. The Kier molecular flexibility index (Phi) is 4.39. The van der Waals surface area contributed by atoms with Crippen molar-refractivity contribution < 1.29 is 19.1 Å². The number of fused-ring (bicyclic) bond motifs is 1. The summed E-state index contributed by atoms with van der Waals surface area (Å²) in [5.41, 5.74) is 2.79. The normalized spacial score (nSPS) is 21.9. The second-order valence-electron chi connectivity index (χ2n) is 7.69. The van der Waals surface area contributed by atoms with Crippen LogP contribution in [0.4, 0.5) is 11.4 Å². The van der Waals surface area contributed by atoms with E-state index in [0.717, 1.165) is 48.9 Å². The molecule has 0 N–H and O–H groups in total. The van der Waals surface area contributed by atoms with E-state index in [1.165, 1.54) is 4.90 Å². The number of aryl methyl sites for hydroxylation is 1. The van der Waals surface area contributed by atoms with Gasteiger partial charge in [-0.1, -0.05) is 12.1 Å². The van der Waals surface area contributed by atoms with Gasteiger partial charge in [-0.25, -0.2) is 4.90 Å². The number of piperazine rings is 1. The molecule has 2 aromatic carbocycles. The first-order chi connectivity index (χ1) is 14.1. The smallest absolute Gasteiger partial charge is 0.251 e. The van der Waals surface area contributed by atoms with Crippen LogP contribution in [0, 0.1) is 6.92 Å². The maximum atomic E-state index is 13.0. The second-order valence-corrected chi connectivity index (χ2v) is 7.69. The molecule has 0 unspecified atom stereocenters. The molecule has 3 heterocycles. The van der Waals surface area contributed by atoms with Crippen molar-refractivity contribution in [1.29, 1.82) is 0 Å². The molecule has 0 aliphatic carbocycles. The number of hydrogen-bond donors (Lipinski definition) is 0. The first kappa shape index (κ1) is 18.0. The summed E-state index contributed by atoms with van der Waals surface area (Å²) < 4.78 is 10.9. The minimum atomic E-state index is -0.373. The number of benzene rings is 2. The SMILES string of the molecule is Cc1cccc(N2C(=O)C[C@H](N3CCN(c4ccc5c(c4)OCO5)CC3)C2=O)c1. The minimum absolute atomic E-state index is 0.114. The molecule has 0 spiro atoms. The lowest BCUT2D eigenvalue weighted by atomic mass is 10.1. The van der Waals surface area contributed by atoms with Crippen LogP contribution in [-0.4, -0.2) is 55.7 Å². The van der Waals surface area contributed by atoms with Gasteiger partial charge in [0.2, 0.25) is 12.7 Å². The van der Waals surface area contributed by atoms with E-state index in [2.05, 4.69) is 9.80 Å². The van der Waals surface area contributed by atoms with E-state index >= 15 is 0 Å². The van der Waals surface area contributed by atoms with Crippen molar-refractivity contribution in [2.45, 2.75) is 19.4 Å². The summed E-state index contributed by atoms with van der Waals surface area (Å²) in [5, 5.41) is 0. The van der Waals surface area contributed by atoms with Gasteiger partial charge in [0.05, 0.1) is 18.2 Å². The van der Waals surface area contributed by atoms with Gasteiger partial charge in [0, 0.05) is 37.9 Å². The van der Waals surface area contributed by atoms with Crippen LogP contribution in [0.2, 0.25) is 0 Å². The topological polar surface area (TPSA) is 62.3 Å². The molecular formula is C22H23N3O4. The fourth-order valence-corrected chi connectivity index (χ4v) is 4.31. The molecule has 29 heavy (non-hydrogen) atoms. The number of amides is 2. The van der Waals surface area contributed by atoms with Gasteiger partial charge in [0.1, 0.15) is 0 Å². The molecule has 2 aromatic rings. The summed E-state index contributed by atoms with van der Waals surface area (Å²) >= 11 is 0. The molecule has 2 fully saturated rings. The molecular weight excluding hydrogens is 370 g/mol. The van der Waals surface area contributed by atoms with E-state index < -0.39 is 0 Å². The Morgan fingerprint density at radius 3 is 2.48 bits per heavy atom. The van der Waals surface area contributed by atoms with Gasteiger partial charge in [0.15, 0.2) is 11.5 Å². The lowest BCUT2D eigenvalue weighted by Crippen LogP contribution is -2.52. The number of ether oxygens (including phenoxy) is 2. The fourth-order valence-electron chi connectivity index (χ4n) is 4.31. The molecule has 0 radical (unpaired) electrons. The van der Waals surface area contributed by atoms with Crippen LogP contribution in [0.5, 0.6) is 11.5 Å². The van der Waals surface area contributed by atoms with Gasteiger partial charge in [-0.15, -0.1) is 0 Å². The van der Waals surface area contributed by atoms with Crippen LogP contribution in [-0.2, 0) is 9.59 Å². The van der Waals surface area contributed by atoms with E-state index in [4.69, 9.17) is 9.47 Å². The molecule has 150 valence electrons. The maximum Gasteiger partial charge on any atom is 0.251 e. The summed E-state index contributed by atoms with van der Waals surface area (Å²) in [6, 6.07) is 13.1. The summed E-state index contributed by atoms with van der Waals surface area (Å²) in [6.07, 6.45) is 0.247. The van der Waals surface area contributed by atoms with Crippen LogP contribution < -0.4 is 19.3 Å². The number of rotatable bonds is 3. The Labute approximate surface area is 169 Å². The fraction of sp³-hybridized carbons (Fsp3) is 0.364. The molecule has 1 atom stereocenters. The molecule has 3 aliphatic rings. The largest absolute Gasteiger partial charge is 0.454 e. The molecule has 3 aliphatic heterocycles. The maximum absolute atomic E-state index is 13.0. The Morgan fingerprint density at radius 1 is 0.897 bits per heavy atom.